The van der Waals surface area contributed by atoms with Crippen molar-refractivity contribution in [2.75, 3.05) is 24.3 Å². The predicted octanol–water partition coefficient (Wildman–Crippen LogP) is 5.25. The van der Waals surface area contributed by atoms with Crippen LogP contribution in [0.5, 0.6) is 0 Å². The maximum Gasteiger partial charge on any atom is 0.319 e. The van der Waals surface area contributed by atoms with Crippen molar-refractivity contribution in [3.63, 3.8) is 0 Å². The summed E-state index contributed by atoms with van der Waals surface area (Å²) in [7, 11) is 5.60. The molecule has 1 aromatic heterocycles. The number of amides is 2. The SMILES string of the molecule is CN(C)c1cccc(NC(=O)NCc2c(-c3ccccc3)c3cc(Cl)ccc3c(=O)n2C)c1. The van der Waals surface area contributed by atoms with E-state index in [1.165, 1.54) is 0 Å². The van der Waals surface area contributed by atoms with Crippen LogP contribution < -0.4 is 21.1 Å². The summed E-state index contributed by atoms with van der Waals surface area (Å²) in [5, 5.41) is 7.64. The summed E-state index contributed by atoms with van der Waals surface area (Å²) >= 11 is 6.28. The number of halogens is 1. The quantitative estimate of drug-likeness (QED) is 0.427. The number of urea groups is 1. The highest BCUT2D eigenvalue weighted by Crippen LogP contribution is 2.32. The van der Waals surface area contributed by atoms with Gasteiger partial charge in [0, 0.05) is 54.2 Å². The zero-order chi connectivity index (χ0) is 23.5. The largest absolute Gasteiger partial charge is 0.378 e. The van der Waals surface area contributed by atoms with Crippen LogP contribution in [0.4, 0.5) is 16.2 Å². The van der Waals surface area contributed by atoms with Crippen molar-refractivity contribution >= 4 is 39.8 Å². The lowest BCUT2D eigenvalue weighted by molar-refractivity contribution is 0.251. The average Bonchev–Trinajstić information content (AvgIpc) is 2.81. The van der Waals surface area contributed by atoms with Crippen LogP contribution in [-0.2, 0) is 13.6 Å². The van der Waals surface area contributed by atoms with Gasteiger partial charge in [0.05, 0.1) is 6.54 Å². The molecule has 33 heavy (non-hydrogen) atoms. The van der Waals surface area contributed by atoms with E-state index in [-0.39, 0.29) is 18.1 Å². The molecule has 0 unspecified atom stereocenters. The molecule has 0 radical (unpaired) electrons. The summed E-state index contributed by atoms with van der Waals surface area (Å²) < 4.78 is 1.59. The molecular weight excluding hydrogens is 436 g/mol. The van der Waals surface area contributed by atoms with Crippen molar-refractivity contribution in [3.05, 3.63) is 93.9 Å². The Morgan fingerprint density at radius 2 is 1.73 bits per heavy atom. The van der Waals surface area contributed by atoms with E-state index in [0.29, 0.717) is 21.8 Å². The number of hydrogen-bond donors (Lipinski definition) is 2. The van der Waals surface area contributed by atoms with Crippen molar-refractivity contribution in [2.45, 2.75) is 6.54 Å². The predicted molar refractivity (Wildman–Crippen MR) is 136 cm³/mol. The average molecular weight is 461 g/mol. The van der Waals surface area contributed by atoms with Gasteiger partial charge in [0.2, 0.25) is 0 Å². The van der Waals surface area contributed by atoms with Gasteiger partial charge in [0.1, 0.15) is 0 Å². The standard InChI is InChI=1S/C26H25ClN4O2/c1-30(2)20-11-7-10-19(15-20)29-26(33)28-16-23-24(17-8-5-4-6-9-17)22-14-18(27)12-13-21(22)25(32)31(23)3/h4-15H,16H2,1-3H3,(H2,28,29,33). The molecule has 0 spiro atoms. The second kappa shape index (κ2) is 9.38. The Morgan fingerprint density at radius 3 is 2.45 bits per heavy atom. The van der Waals surface area contributed by atoms with Gasteiger partial charge in [-0.15, -0.1) is 0 Å². The van der Waals surface area contributed by atoms with Crippen molar-refractivity contribution in [1.82, 2.24) is 9.88 Å². The van der Waals surface area contributed by atoms with Crippen molar-refractivity contribution in [1.29, 1.82) is 0 Å². The van der Waals surface area contributed by atoms with E-state index in [1.54, 1.807) is 29.8 Å². The molecule has 0 fully saturated rings. The zero-order valence-electron chi connectivity index (χ0n) is 18.7. The number of carbonyl (C=O) groups is 1. The van der Waals surface area contributed by atoms with Crippen LogP contribution in [0.15, 0.2) is 77.6 Å². The third-order valence-corrected chi connectivity index (χ3v) is 5.81. The van der Waals surface area contributed by atoms with Crippen LogP contribution in [0.1, 0.15) is 5.69 Å². The Labute approximate surface area is 197 Å². The molecular formula is C26H25ClN4O2. The van der Waals surface area contributed by atoms with Gasteiger partial charge in [0.15, 0.2) is 0 Å². The Balaban J connectivity index is 1.70. The first-order valence-corrected chi connectivity index (χ1v) is 10.9. The summed E-state index contributed by atoms with van der Waals surface area (Å²) in [6.45, 7) is 0.164. The van der Waals surface area contributed by atoms with Gasteiger partial charge in [-0.2, -0.15) is 0 Å². The number of hydrogen-bond acceptors (Lipinski definition) is 3. The Hall–Kier alpha value is -3.77. The van der Waals surface area contributed by atoms with Gasteiger partial charge < -0.3 is 20.1 Å². The molecule has 0 atom stereocenters. The molecule has 4 rings (SSSR count). The topological polar surface area (TPSA) is 66.4 Å². The third kappa shape index (κ3) is 4.71. The minimum atomic E-state index is -0.358. The van der Waals surface area contributed by atoms with Gasteiger partial charge in [-0.1, -0.05) is 48.0 Å². The molecule has 0 aliphatic carbocycles. The number of fused-ring (bicyclic) bond motifs is 1. The molecule has 3 aromatic carbocycles. The van der Waals surface area contributed by atoms with Crippen LogP contribution in [0.2, 0.25) is 5.02 Å². The first-order valence-electron chi connectivity index (χ1n) is 10.5. The first kappa shape index (κ1) is 22.4. The van der Waals surface area contributed by atoms with E-state index in [4.69, 9.17) is 11.6 Å². The second-order valence-corrected chi connectivity index (χ2v) is 8.43. The summed E-state index contributed by atoms with van der Waals surface area (Å²) in [6.07, 6.45) is 0. The van der Waals surface area contributed by atoms with Crippen LogP contribution in [0.3, 0.4) is 0 Å². The molecule has 7 heteroatoms. The number of carbonyl (C=O) groups excluding carboxylic acids is 1. The van der Waals surface area contributed by atoms with Crippen molar-refractivity contribution < 1.29 is 4.79 Å². The van der Waals surface area contributed by atoms with Crippen LogP contribution in [-0.4, -0.2) is 24.7 Å². The number of aromatic nitrogens is 1. The molecule has 0 aliphatic heterocycles. The smallest absolute Gasteiger partial charge is 0.319 e. The van der Waals surface area contributed by atoms with Crippen LogP contribution in [0, 0.1) is 0 Å². The third-order valence-electron chi connectivity index (χ3n) is 5.58. The number of pyridine rings is 1. The molecule has 0 bridgehead atoms. The number of benzene rings is 3. The first-order chi connectivity index (χ1) is 15.8. The molecule has 0 saturated heterocycles. The van der Waals surface area contributed by atoms with Crippen molar-refractivity contribution in [3.8, 4) is 11.1 Å². The lowest BCUT2D eigenvalue weighted by Gasteiger charge is -2.19. The lowest BCUT2D eigenvalue weighted by atomic mass is 9.96. The van der Waals surface area contributed by atoms with Gasteiger partial charge in [-0.05, 0) is 47.3 Å². The highest BCUT2D eigenvalue weighted by Gasteiger charge is 2.17. The number of nitrogens with one attached hydrogen (secondary N) is 2. The van der Waals surface area contributed by atoms with Gasteiger partial charge in [0.25, 0.3) is 5.56 Å². The highest BCUT2D eigenvalue weighted by molar-refractivity contribution is 6.31. The molecule has 1 heterocycles. The van der Waals surface area contributed by atoms with Crippen molar-refractivity contribution in [2.24, 2.45) is 7.05 Å². The molecule has 6 nitrogen and oxygen atoms in total. The van der Waals surface area contributed by atoms with Gasteiger partial charge >= 0.3 is 6.03 Å². The van der Waals surface area contributed by atoms with Crippen LogP contribution in [0.25, 0.3) is 21.9 Å². The molecule has 2 N–H and O–H groups in total. The van der Waals surface area contributed by atoms with E-state index in [2.05, 4.69) is 10.6 Å². The summed E-state index contributed by atoms with van der Waals surface area (Å²) in [6, 6.07) is 22.3. The number of nitrogens with zero attached hydrogens (tertiary/aromatic N) is 2. The normalized spacial score (nSPS) is 10.8. The van der Waals surface area contributed by atoms with E-state index in [0.717, 1.165) is 22.2 Å². The molecule has 0 saturated carbocycles. The van der Waals surface area contributed by atoms with E-state index >= 15 is 0 Å². The number of rotatable bonds is 5. The molecule has 2 amide bonds. The fraction of sp³-hybridized carbons (Fsp3) is 0.154. The Morgan fingerprint density at radius 1 is 0.970 bits per heavy atom. The fourth-order valence-electron chi connectivity index (χ4n) is 3.87. The molecule has 168 valence electrons. The molecule has 4 aromatic rings. The monoisotopic (exact) mass is 460 g/mol. The maximum absolute atomic E-state index is 13.1. The van der Waals surface area contributed by atoms with Gasteiger partial charge in [-0.25, -0.2) is 4.79 Å². The summed E-state index contributed by atoms with van der Waals surface area (Å²) in [4.78, 5) is 27.7. The minimum Gasteiger partial charge on any atom is -0.378 e. The molecule has 0 aliphatic rings. The van der Waals surface area contributed by atoms with E-state index < -0.39 is 0 Å². The maximum atomic E-state index is 13.1. The van der Waals surface area contributed by atoms with E-state index in [1.807, 2.05) is 73.6 Å². The zero-order valence-corrected chi connectivity index (χ0v) is 19.5. The Kier molecular flexibility index (Phi) is 6.38. The second-order valence-electron chi connectivity index (χ2n) is 7.99. The lowest BCUT2D eigenvalue weighted by Crippen LogP contribution is -2.32. The summed E-state index contributed by atoms with van der Waals surface area (Å²) in [5.74, 6) is 0. The number of anilines is 2. The minimum absolute atomic E-state index is 0.141. The van der Waals surface area contributed by atoms with Crippen LogP contribution >= 0.6 is 11.6 Å². The van der Waals surface area contributed by atoms with Gasteiger partial charge in [-0.3, -0.25) is 4.79 Å². The Bertz CT molecular complexity index is 1380. The van der Waals surface area contributed by atoms with E-state index in [9.17, 15) is 9.59 Å². The highest BCUT2D eigenvalue weighted by atomic mass is 35.5. The fourth-order valence-corrected chi connectivity index (χ4v) is 4.04. The summed E-state index contributed by atoms with van der Waals surface area (Å²) in [5.41, 5.74) is 4.02.